The highest BCUT2D eigenvalue weighted by Gasteiger charge is 2.04. The Morgan fingerprint density at radius 3 is 1.67 bits per heavy atom. The molecule has 0 unspecified atom stereocenters. The van der Waals surface area contributed by atoms with Gasteiger partial charge in [0.15, 0.2) is 0 Å². The number of rotatable bonds is 4. The second kappa shape index (κ2) is 5.33. The normalized spacial score (nSPS) is 17.3. The number of ether oxygens (including phenoxy) is 1. The fourth-order valence-corrected chi connectivity index (χ4v) is 0.615. The Bertz CT molecular complexity index is 60.1. The van der Waals surface area contributed by atoms with Crippen LogP contribution in [0, 0.1) is 0 Å². The van der Waals surface area contributed by atoms with E-state index in [2.05, 4.69) is 0 Å². The van der Waals surface area contributed by atoms with E-state index in [1.807, 2.05) is 13.8 Å². The van der Waals surface area contributed by atoms with Crippen molar-refractivity contribution in [2.45, 2.75) is 26.1 Å². The summed E-state index contributed by atoms with van der Waals surface area (Å²) in [7, 11) is 0. The zero-order chi connectivity index (χ0) is 7.28. The van der Waals surface area contributed by atoms with Crippen LogP contribution in [0.1, 0.15) is 13.8 Å². The molecule has 1 nitrogen and oxygen atoms in total. The number of halogens is 2. The van der Waals surface area contributed by atoms with Gasteiger partial charge in [0.1, 0.15) is 0 Å². The third-order valence-corrected chi connectivity index (χ3v) is 1.77. The van der Waals surface area contributed by atoms with Gasteiger partial charge in [0.25, 0.3) is 0 Å². The molecule has 0 heterocycles. The Morgan fingerprint density at radius 1 is 1.11 bits per heavy atom. The van der Waals surface area contributed by atoms with Crippen molar-refractivity contribution >= 4 is 23.2 Å². The molecule has 0 aliphatic carbocycles. The van der Waals surface area contributed by atoms with Gasteiger partial charge in [-0.05, 0) is 13.8 Å². The van der Waals surface area contributed by atoms with Gasteiger partial charge in [-0.25, -0.2) is 0 Å². The van der Waals surface area contributed by atoms with E-state index in [-0.39, 0.29) is 12.2 Å². The Hall–Kier alpha value is 0.540. The van der Waals surface area contributed by atoms with Crippen LogP contribution in [0.15, 0.2) is 0 Å². The van der Waals surface area contributed by atoms with Crippen molar-refractivity contribution in [3.05, 3.63) is 0 Å². The van der Waals surface area contributed by atoms with E-state index in [9.17, 15) is 0 Å². The largest absolute Gasteiger partial charge is 0.373 e. The molecule has 0 aliphatic heterocycles. The minimum absolute atomic E-state index is 0.111. The quantitative estimate of drug-likeness (QED) is 0.589. The molecular formula is C6H12Cl2O. The van der Waals surface area contributed by atoms with Gasteiger partial charge in [0.2, 0.25) is 0 Å². The summed E-state index contributed by atoms with van der Waals surface area (Å²) >= 11 is 11.0. The molecule has 56 valence electrons. The monoisotopic (exact) mass is 170 g/mol. The second-order valence-corrected chi connectivity index (χ2v) is 2.68. The number of hydrogen-bond donors (Lipinski definition) is 0. The van der Waals surface area contributed by atoms with Gasteiger partial charge in [-0.2, -0.15) is 0 Å². The van der Waals surface area contributed by atoms with Crippen molar-refractivity contribution in [3.63, 3.8) is 0 Å². The standard InChI is InChI=1S/C6H12Cl2O/c1-5(3-7)9-6(2)4-8/h5-6H,3-4H2,1-2H3/t5-,6-/m1/s1. The van der Waals surface area contributed by atoms with Gasteiger partial charge in [-0.1, -0.05) is 0 Å². The first-order valence-electron chi connectivity index (χ1n) is 2.98. The molecule has 2 atom stereocenters. The molecule has 0 saturated heterocycles. The van der Waals surface area contributed by atoms with Gasteiger partial charge in [0.05, 0.1) is 12.2 Å². The van der Waals surface area contributed by atoms with Crippen molar-refractivity contribution in [1.82, 2.24) is 0 Å². The third-order valence-electron chi connectivity index (χ3n) is 0.899. The average Bonchev–Trinajstić information content (AvgIpc) is 1.87. The van der Waals surface area contributed by atoms with Crippen LogP contribution in [0.2, 0.25) is 0 Å². The van der Waals surface area contributed by atoms with Crippen LogP contribution in [0.4, 0.5) is 0 Å². The predicted molar refractivity (Wildman–Crippen MR) is 41.4 cm³/mol. The van der Waals surface area contributed by atoms with Crippen LogP contribution < -0.4 is 0 Å². The zero-order valence-corrected chi connectivity index (χ0v) is 7.24. The summed E-state index contributed by atoms with van der Waals surface area (Å²) < 4.78 is 5.28. The first-order valence-corrected chi connectivity index (χ1v) is 4.05. The lowest BCUT2D eigenvalue weighted by Crippen LogP contribution is -2.19. The Morgan fingerprint density at radius 2 is 1.44 bits per heavy atom. The van der Waals surface area contributed by atoms with E-state index in [4.69, 9.17) is 27.9 Å². The first kappa shape index (κ1) is 9.54. The van der Waals surface area contributed by atoms with Gasteiger partial charge in [-0.15, -0.1) is 23.2 Å². The van der Waals surface area contributed by atoms with Gasteiger partial charge < -0.3 is 4.74 Å². The molecule has 3 heteroatoms. The van der Waals surface area contributed by atoms with Crippen LogP contribution in [0.25, 0.3) is 0 Å². The van der Waals surface area contributed by atoms with Gasteiger partial charge in [0, 0.05) is 11.8 Å². The van der Waals surface area contributed by atoms with Crippen molar-refractivity contribution in [3.8, 4) is 0 Å². The maximum Gasteiger partial charge on any atom is 0.0686 e. The lowest BCUT2D eigenvalue weighted by atomic mass is 10.4. The first-order chi connectivity index (χ1) is 4.20. The number of hydrogen-bond acceptors (Lipinski definition) is 1. The Kier molecular flexibility index (Phi) is 5.65. The van der Waals surface area contributed by atoms with Crippen LogP contribution in [-0.2, 0) is 4.74 Å². The summed E-state index contributed by atoms with van der Waals surface area (Å²) in [6.07, 6.45) is 0.223. The highest BCUT2D eigenvalue weighted by Crippen LogP contribution is 2.00. The fourth-order valence-electron chi connectivity index (χ4n) is 0.469. The minimum atomic E-state index is 0.111. The predicted octanol–water partition coefficient (Wildman–Crippen LogP) is 2.26. The van der Waals surface area contributed by atoms with Crippen LogP contribution >= 0.6 is 23.2 Å². The highest BCUT2D eigenvalue weighted by molar-refractivity contribution is 6.18. The SMILES string of the molecule is C[C@H](CCl)O[C@H](C)CCl. The van der Waals surface area contributed by atoms with Crippen molar-refractivity contribution < 1.29 is 4.74 Å². The molecule has 0 saturated carbocycles. The molecule has 0 spiro atoms. The molecule has 0 fully saturated rings. The lowest BCUT2D eigenvalue weighted by Gasteiger charge is -2.13. The van der Waals surface area contributed by atoms with Gasteiger partial charge >= 0.3 is 0 Å². The molecule has 0 aliphatic rings. The third kappa shape index (κ3) is 5.01. The lowest BCUT2D eigenvalue weighted by molar-refractivity contribution is 0.0339. The maximum absolute atomic E-state index is 5.48. The molecular weight excluding hydrogens is 159 g/mol. The smallest absolute Gasteiger partial charge is 0.0686 e. The maximum atomic E-state index is 5.48. The van der Waals surface area contributed by atoms with E-state index >= 15 is 0 Å². The molecule has 0 N–H and O–H groups in total. The van der Waals surface area contributed by atoms with E-state index in [0.29, 0.717) is 11.8 Å². The highest BCUT2D eigenvalue weighted by atomic mass is 35.5. The Balaban J connectivity index is 3.22. The summed E-state index contributed by atoms with van der Waals surface area (Å²) in [6, 6.07) is 0. The molecule has 9 heavy (non-hydrogen) atoms. The Labute approximate surface area is 66.3 Å². The molecule has 0 rings (SSSR count). The molecule has 0 radical (unpaired) electrons. The average molecular weight is 171 g/mol. The van der Waals surface area contributed by atoms with E-state index in [1.54, 1.807) is 0 Å². The zero-order valence-electron chi connectivity index (χ0n) is 5.73. The molecule has 0 aromatic rings. The summed E-state index contributed by atoms with van der Waals surface area (Å²) in [5, 5.41) is 0. The van der Waals surface area contributed by atoms with Crippen molar-refractivity contribution in [2.75, 3.05) is 11.8 Å². The summed E-state index contributed by atoms with van der Waals surface area (Å²) in [5.74, 6) is 1.06. The number of alkyl halides is 2. The van der Waals surface area contributed by atoms with Crippen molar-refractivity contribution in [1.29, 1.82) is 0 Å². The fraction of sp³-hybridized carbons (Fsp3) is 1.00. The van der Waals surface area contributed by atoms with Crippen LogP contribution in [-0.4, -0.2) is 24.0 Å². The minimum Gasteiger partial charge on any atom is -0.373 e. The molecule has 0 aromatic heterocycles. The van der Waals surface area contributed by atoms with Crippen LogP contribution in [0.3, 0.4) is 0 Å². The molecule has 0 amide bonds. The van der Waals surface area contributed by atoms with E-state index < -0.39 is 0 Å². The molecule has 0 bridgehead atoms. The molecule has 0 aromatic carbocycles. The summed E-state index contributed by atoms with van der Waals surface area (Å²) in [4.78, 5) is 0. The summed E-state index contributed by atoms with van der Waals surface area (Å²) in [5.41, 5.74) is 0. The van der Waals surface area contributed by atoms with Gasteiger partial charge in [-0.3, -0.25) is 0 Å². The summed E-state index contributed by atoms with van der Waals surface area (Å²) in [6.45, 7) is 3.85. The van der Waals surface area contributed by atoms with E-state index in [1.165, 1.54) is 0 Å². The van der Waals surface area contributed by atoms with E-state index in [0.717, 1.165) is 0 Å². The van der Waals surface area contributed by atoms with Crippen LogP contribution in [0.5, 0.6) is 0 Å². The topological polar surface area (TPSA) is 9.23 Å². The second-order valence-electron chi connectivity index (χ2n) is 2.07. The van der Waals surface area contributed by atoms with Crippen molar-refractivity contribution in [2.24, 2.45) is 0 Å².